The van der Waals surface area contributed by atoms with Crippen molar-refractivity contribution in [3.05, 3.63) is 24.0 Å². The topological polar surface area (TPSA) is 34.1 Å². The smallest absolute Gasteiger partial charge is 0.191 e. The zero-order valence-corrected chi connectivity index (χ0v) is 4.61. The zero-order valence-electron chi connectivity index (χ0n) is 3.79. The second-order valence-electron chi connectivity index (χ2n) is 0.922. The predicted molar refractivity (Wildman–Crippen MR) is 29.3 cm³/mol. The Morgan fingerprint density at radius 1 is 1.57 bits per heavy atom. The highest BCUT2D eigenvalue weighted by Crippen LogP contribution is 1.87. The van der Waals surface area contributed by atoms with Crippen LogP contribution in [0.4, 0.5) is 0 Å². The third-order valence-electron chi connectivity index (χ3n) is 0.465. The summed E-state index contributed by atoms with van der Waals surface area (Å²) in [7, 11) is -3.13. The molecule has 0 N–H and O–H groups in total. The molecule has 0 unspecified atom stereocenters. The average molecular weight is 120 g/mol. The van der Waals surface area contributed by atoms with Crippen LogP contribution in [0, 0.1) is 0 Å². The second kappa shape index (κ2) is 1.93. The quantitative estimate of drug-likeness (QED) is 0.537. The van der Waals surface area contributed by atoms with Crippen molar-refractivity contribution in [2.45, 2.75) is 0 Å². The largest absolute Gasteiger partial charge is 0.220 e. The normalized spacial score (nSPS) is 10.3. The Morgan fingerprint density at radius 3 is 2.00 bits per heavy atom. The molecular formula is C4H6O2S. The average Bonchev–Trinajstić information content (AvgIpc) is 1.68. The molecule has 0 fully saturated rings. The van der Waals surface area contributed by atoms with Crippen LogP contribution in [-0.2, 0) is 9.84 Å². The summed E-state index contributed by atoms with van der Waals surface area (Å²) in [5, 5.41) is 1.69. The molecule has 0 aromatic heterocycles. The molecule has 0 aliphatic heterocycles. The first-order valence-electron chi connectivity index (χ1n) is 1.62. The number of rotatable bonds is 2. The van der Waals surface area contributed by atoms with Crippen LogP contribution in [0.5, 0.6) is 0 Å². The summed E-state index contributed by atoms with van der Waals surface area (Å²) in [4.78, 5) is 0. The monoisotopic (exact) mass is 120 g/mol. The van der Waals surface area contributed by atoms with Crippen molar-refractivity contribution in [2.75, 3.05) is 0 Å². The van der Waals surface area contributed by atoms with Gasteiger partial charge in [-0.05, 0) is 0 Å². The van der Waals surface area contributed by atoms with Crippen LogP contribution in [0.15, 0.2) is 24.0 Å². The Labute approximate surface area is 43.1 Å². The van der Waals surface area contributed by atoms with Gasteiger partial charge >= 0.3 is 0 Å². The van der Waals surface area contributed by atoms with Crippen molar-refractivity contribution < 1.29 is 8.42 Å². The summed E-state index contributed by atoms with van der Waals surface area (Å²) in [6, 6.07) is 0. The Hall–Kier alpha value is -0.570. The van der Waals surface area contributed by atoms with Crippen LogP contribution >= 0.6 is 0 Å². The first-order valence-corrected chi connectivity index (χ1v) is 3.23. The molecule has 0 radical (unpaired) electrons. The maximum Gasteiger partial charge on any atom is 0.191 e. The summed E-state index contributed by atoms with van der Waals surface area (Å²) in [5.41, 5.74) is 0. The van der Waals surface area contributed by atoms with Crippen molar-refractivity contribution in [1.82, 2.24) is 0 Å². The standard InChI is InChI=1S/C4H6O2S/c1-3-7(5,6)4-2/h3-4H,1-2H2/i3+2. The summed E-state index contributed by atoms with van der Waals surface area (Å²) < 4.78 is 20.3. The molecule has 0 aliphatic carbocycles. The second-order valence-corrected chi connectivity index (χ2v) is 2.77. The molecule has 0 bridgehead atoms. The fraction of sp³-hybridized carbons (Fsp3) is 0. The molecule has 0 heterocycles. The number of sulfone groups is 1. The third-order valence-corrected chi connectivity index (χ3v) is 1.39. The lowest BCUT2D eigenvalue weighted by atomic mass is 11.3. The Balaban J connectivity index is 4.49. The van der Waals surface area contributed by atoms with E-state index in [2.05, 4.69) is 13.2 Å². The van der Waals surface area contributed by atoms with Gasteiger partial charge in [0.1, 0.15) is 0 Å². The summed E-state index contributed by atoms with van der Waals surface area (Å²) in [6.45, 7) is 6.09. The van der Waals surface area contributed by atoms with Gasteiger partial charge < -0.3 is 0 Å². The number of hydrogen-bond donors (Lipinski definition) is 0. The molecule has 3 heteroatoms. The third kappa shape index (κ3) is 2.17. The van der Waals surface area contributed by atoms with Crippen LogP contribution < -0.4 is 0 Å². The lowest BCUT2D eigenvalue weighted by molar-refractivity contribution is 0.613. The van der Waals surface area contributed by atoms with Crippen molar-refractivity contribution in [3.8, 4) is 0 Å². The molecule has 0 spiro atoms. The molecule has 0 atom stereocenters. The van der Waals surface area contributed by atoms with E-state index in [1.165, 1.54) is 0 Å². The van der Waals surface area contributed by atoms with Crippen LogP contribution in [0.1, 0.15) is 0 Å². The van der Waals surface area contributed by atoms with Crippen LogP contribution in [0.25, 0.3) is 0 Å². The minimum atomic E-state index is -3.13. The Morgan fingerprint density at radius 2 is 2.00 bits per heavy atom. The van der Waals surface area contributed by atoms with Gasteiger partial charge in [0.05, 0.1) is 0 Å². The van der Waals surface area contributed by atoms with E-state index in [9.17, 15) is 8.42 Å². The van der Waals surface area contributed by atoms with Gasteiger partial charge in [0.15, 0.2) is 9.84 Å². The van der Waals surface area contributed by atoms with Crippen molar-refractivity contribution >= 4 is 9.84 Å². The molecule has 0 aromatic carbocycles. The molecule has 0 aliphatic rings. The molecule has 0 rings (SSSR count). The van der Waals surface area contributed by atoms with Crippen molar-refractivity contribution in [3.63, 3.8) is 0 Å². The molecule has 0 amide bonds. The maximum atomic E-state index is 10.1. The van der Waals surface area contributed by atoms with Crippen LogP contribution in [0.2, 0.25) is 0 Å². The van der Waals surface area contributed by atoms with Gasteiger partial charge in [-0.15, -0.1) is 0 Å². The Kier molecular flexibility index (Phi) is 1.77. The summed E-state index contributed by atoms with van der Waals surface area (Å²) in [6.07, 6.45) is 0. The first kappa shape index (κ1) is 6.43. The summed E-state index contributed by atoms with van der Waals surface area (Å²) in [5.74, 6) is 0. The maximum absolute atomic E-state index is 10.1. The van der Waals surface area contributed by atoms with Crippen LogP contribution in [-0.4, -0.2) is 8.42 Å². The molecule has 2 nitrogen and oxygen atoms in total. The van der Waals surface area contributed by atoms with Crippen molar-refractivity contribution in [2.24, 2.45) is 0 Å². The fourth-order valence-corrected chi connectivity index (χ4v) is 0.204. The van der Waals surface area contributed by atoms with Gasteiger partial charge in [0.25, 0.3) is 0 Å². The predicted octanol–water partition coefficient (Wildman–Crippen LogP) is 0.688. The molecule has 7 heavy (non-hydrogen) atoms. The molecule has 0 saturated carbocycles. The molecular weight excluding hydrogens is 114 g/mol. The summed E-state index contributed by atoms with van der Waals surface area (Å²) >= 11 is 0. The molecule has 0 saturated heterocycles. The zero-order chi connectivity index (χ0) is 5.91. The fourth-order valence-electron chi connectivity index (χ4n) is 0.0680. The van der Waals surface area contributed by atoms with Gasteiger partial charge in [-0.3, -0.25) is 0 Å². The van der Waals surface area contributed by atoms with E-state index in [-0.39, 0.29) is 0 Å². The van der Waals surface area contributed by atoms with E-state index < -0.39 is 9.84 Å². The first-order chi connectivity index (χ1) is 3.12. The van der Waals surface area contributed by atoms with E-state index in [1.807, 2.05) is 0 Å². The lowest BCUT2D eigenvalue weighted by Crippen LogP contribution is -1.83. The van der Waals surface area contributed by atoms with E-state index in [0.717, 1.165) is 10.8 Å². The van der Waals surface area contributed by atoms with Gasteiger partial charge in [0.2, 0.25) is 0 Å². The lowest BCUT2D eigenvalue weighted by Gasteiger charge is -1.78. The SMILES string of the molecule is C=CS(=O)(=O)[14CH]=C. The van der Waals surface area contributed by atoms with Crippen LogP contribution in [0.3, 0.4) is 0 Å². The highest BCUT2D eigenvalue weighted by Gasteiger charge is 1.90. The van der Waals surface area contributed by atoms with Crippen molar-refractivity contribution in [1.29, 1.82) is 0 Å². The highest BCUT2D eigenvalue weighted by molar-refractivity contribution is 7.97. The minimum Gasteiger partial charge on any atom is -0.220 e. The van der Waals surface area contributed by atoms with Gasteiger partial charge in [-0.25, -0.2) is 8.42 Å². The minimum absolute atomic E-state index is 0.847. The van der Waals surface area contributed by atoms with E-state index in [4.69, 9.17) is 0 Å². The molecule has 0 aromatic rings. The number of hydrogen-bond acceptors (Lipinski definition) is 2. The Bertz CT molecular complexity index is 150. The van der Waals surface area contributed by atoms with Gasteiger partial charge in [0, 0.05) is 10.8 Å². The van der Waals surface area contributed by atoms with Gasteiger partial charge in [-0.1, -0.05) is 13.2 Å². The van der Waals surface area contributed by atoms with E-state index in [0.29, 0.717) is 0 Å². The highest BCUT2D eigenvalue weighted by atomic mass is 32.2. The van der Waals surface area contributed by atoms with E-state index >= 15 is 0 Å². The molecule has 40 valence electrons. The van der Waals surface area contributed by atoms with Gasteiger partial charge in [-0.2, -0.15) is 0 Å². The van der Waals surface area contributed by atoms with E-state index in [1.54, 1.807) is 0 Å².